The van der Waals surface area contributed by atoms with Crippen molar-refractivity contribution in [3.63, 3.8) is 0 Å². The van der Waals surface area contributed by atoms with E-state index in [1.807, 2.05) is 6.08 Å². The van der Waals surface area contributed by atoms with E-state index >= 15 is 0 Å². The highest BCUT2D eigenvalue weighted by molar-refractivity contribution is 6.01. The number of fused-ring (bicyclic) bond motifs is 2. The molecule has 0 aromatic heterocycles. The minimum atomic E-state index is 0.0156. The lowest BCUT2D eigenvalue weighted by atomic mass is 10.1. The molecule has 1 N–H and O–H groups in total. The summed E-state index contributed by atoms with van der Waals surface area (Å²) in [5, 5.41) is 3.01. The fourth-order valence-electron chi connectivity index (χ4n) is 3.13. The Labute approximate surface area is 118 Å². The van der Waals surface area contributed by atoms with Crippen molar-refractivity contribution >= 4 is 5.91 Å². The molecule has 3 aliphatic carbocycles. The maximum absolute atomic E-state index is 12.3. The smallest absolute Gasteiger partial charge is 0.252 e. The summed E-state index contributed by atoms with van der Waals surface area (Å²) >= 11 is 0. The number of carbonyl (C=O) groups excluding carboxylic acids is 1. The van der Waals surface area contributed by atoms with Gasteiger partial charge in [-0.25, -0.2) is 0 Å². The topological polar surface area (TPSA) is 41.6 Å². The molecule has 1 saturated carbocycles. The van der Waals surface area contributed by atoms with Crippen LogP contribution in [0.25, 0.3) is 0 Å². The standard InChI is InChI=1S/C16H18N2O2/c1-18-4-5-20-11(9-18)8-17-16(19)13-3-2-12-14-6-10(14)7-15(12)13/h2-3,7,11H,4-6,8-9H2,1H3,(H,17,19). The van der Waals surface area contributed by atoms with Gasteiger partial charge in [0.05, 0.1) is 12.7 Å². The third-order valence-electron chi connectivity index (χ3n) is 4.35. The Morgan fingerprint density at radius 2 is 2.35 bits per heavy atom. The van der Waals surface area contributed by atoms with Gasteiger partial charge in [0.15, 0.2) is 0 Å². The molecule has 0 radical (unpaired) electrons. The number of carbonyl (C=O) groups is 1. The minimum Gasteiger partial charge on any atom is -0.374 e. The minimum absolute atomic E-state index is 0.0156. The summed E-state index contributed by atoms with van der Waals surface area (Å²) in [4.78, 5) is 14.5. The highest BCUT2D eigenvalue weighted by Gasteiger charge is 2.35. The number of morpholine rings is 1. The highest BCUT2D eigenvalue weighted by Crippen LogP contribution is 2.51. The van der Waals surface area contributed by atoms with E-state index in [9.17, 15) is 4.79 Å². The van der Waals surface area contributed by atoms with Gasteiger partial charge in [0.25, 0.3) is 5.91 Å². The molecule has 4 aliphatic rings. The number of nitrogens with one attached hydrogen (secondary N) is 1. The number of rotatable bonds is 3. The van der Waals surface area contributed by atoms with Crippen LogP contribution in [0.5, 0.6) is 0 Å². The molecule has 4 rings (SSSR count). The van der Waals surface area contributed by atoms with Gasteiger partial charge in [0.2, 0.25) is 0 Å². The van der Waals surface area contributed by atoms with Gasteiger partial charge in [-0.15, -0.1) is 0 Å². The van der Waals surface area contributed by atoms with E-state index in [-0.39, 0.29) is 12.0 Å². The maximum Gasteiger partial charge on any atom is 0.252 e. The lowest BCUT2D eigenvalue weighted by Gasteiger charge is -2.30. The normalized spacial score (nSPS) is 27.6. The average Bonchev–Trinajstić information content (AvgIpc) is 2.92. The van der Waals surface area contributed by atoms with Crippen LogP contribution in [0.15, 0.2) is 46.1 Å². The molecule has 1 atom stereocenters. The van der Waals surface area contributed by atoms with Crippen LogP contribution in [0.4, 0.5) is 0 Å². The second-order valence-corrected chi connectivity index (χ2v) is 5.86. The first-order valence-electron chi connectivity index (χ1n) is 7.17. The number of allylic oxidation sites excluding steroid dienone is 6. The molecule has 1 aliphatic heterocycles. The van der Waals surface area contributed by atoms with Crippen molar-refractivity contribution in [3.8, 4) is 0 Å². The first kappa shape index (κ1) is 12.1. The number of hydrogen-bond donors (Lipinski definition) is 1. The Kier molecular flexibility index (Phi) is 2.69. The van der Waals surface area contributed by atoms with E-state index in [4.69, 9.17) is 4.74 Å². The van der Waals surface area contributed by atoms with Gasteiger partial charge >= 0.3 is 0 Å². The van der Waals surface area contributed by atoms with Crippen LogP contribution in [0.2, 0.25) is 0 Å². The first-order valence-corrected chi connectivity index (χ1v) is 7.17. The Hall–Kier alpha value is -1.65. The molecular weight excluding hydrogens is 252 g/mol. The van der Waals surface area contributed by atoms with Crippen LogP contribution >= 0.6 is 0 Å². The summed E-state index contributed by atoms with van der Waals surface area (Å²) < 4.78 is 5.66. The largest absolute Gasteiger partial charge is 0.374 e. The number of nitrogens with zero attached hydrogens (tertiary/aromatic N) is 1. The molecule has 1 unspecified atom stereocenters. The van der Waals surface area contributed by atoms with Crippen molar-refractivity contribution in [2.45, 2.75) is 12.5 Å². The molecule has 0 bridgehead atoms. The van der Waals surface area contributed by atoms with E-state index in [1.54, 1.807) is 0 Å². The van der Waals surface area contributed by atoms with Crippen molar-refractivity contribution in [3.05, 3.63) is 46.1 Å². The molecule has 2 fully saturated rings. The number of likely N-dealkylation sites (N-methyl/N-ethyl adjacent to an activating group) is 1. The fraction of sp³-hybridized carbons (Fsp3) is 0.438. The molecule has 4 heteroatoms. The number of amides is 1. The summed E-state index contributed by atoms with van der Waals surface area (Å²) in [5.41, 5.74) is 6.01. The monoisotopic (exact) mass is 270 g/mol. The predicted octanol–water partition coefficient (Wildman–Crippen LogP) is 0.940. The summed E-state index contributed by atoms with van der Waals surface area (Å²) in [6.07, 6.45) is 7.37. The second kappa shape index (κ2) is 4.43. The van der Waals surface area contributed by atoms with Crippen LogP contribution in [-0.4, -0.2) is 50.2 Å². The summed E-state index contributed by atoms with van der Waals surface area (Å²) in [5.74, 6) is 0.0156. The number of hydrogen-bond acceptors (Lipinski definition) is 3. The Bertz CT molecular complexity index is 610. The molecule has 0 aromatic rings. The molecule has 1 amide bonds. The van der Waals surface area contributed by atoms with Crippen LogP contribution in [0.3, 0.4) is 0 Å². The highest BCUT2D eigenvalue weighted by atomic mass is 16.5. The average molecular weight is 270 g/mol. The zero-order chi connectivity index (χ0) is 13.7. The maximum atomic E-state index is 12.3. The van der Waals surface area contributed by atoms with E-state index in [1.165, 1.54) is 16.7 Å². The lowest BCUT2D eigenvalue weighted by molar-refractivity contribution is -0.118. The van der Waals surface area contributed by atoms with E-state index < -0.39 is 0 Å². The quantitative estimate of drug-likeness (QED) is 0.830. The Morgan fingerprint density at radius 1 is 1.45 bits per heavy atom. The van der Waals surface area contributed by atoms with Gasteiger partial charge < -0.3 is 15.0 Å². The molecule has 1 heterocycles. The zero-order valence-corrected chi connectivity index (χ0v) is 11.6. The van der Waals surface area contributed by atoms with Crippen molar-refractivity contribution in [1.29, 1.82) is 0 Å². The van der Waals surface area contributed by atoms with Crippen molar-refractivity contribution in [1.82, 2.24) is 10.2 Å². The van der Waals surface area contributed by atoms with Gasteiger partial charge in [0.1, 0.15) is 0 Å². The number of ether oxygens (including phenoxy) is 1. The van der Waals surface area contributed by atoms with Crippen LogP contribution in [0, 0.1) is 0 Å². The SMILES string of the molecule is CN1CCOC(CNC(=O)C2=C3C=C4CC4=C3C=C2)C1. The molecular formula is C16H18N2O2. The first-order chi connectivity index (χ1) is 9.72. The van der Waals surface area contributed by atoms with E-state index in [0.29, 0.717) is 6.54 Å². The van der Waals surface area contributed by atoms with Crippen molar-refractivity contribution < 1.29 is 9.53 Å². The van der Waals surface area contributed by atoms with E-state index in [2.05, 4.69) is 29.4 Å². The van der Waals surface area contributed by atoms with Crippen LogP contribution < -0.4 is 5.32 Å². The van der Waals surface area contributed by atoms with E-state index in [0.717, 1.165) is 37.3 Å². The molecule has 0 spiro atoms. The summed E-state index contributed by atoms with van der Waals surface area (Å²) in [6.45, 7) is 3.16. The fourth-order valence-corrected chi connectivity index (χ4v) is 3.13. The molecule has 104 valence electrons. The molecule has 0 aromatic carbocycles. The lowest BCUT2D eigenvalue weighted by Crippen LogP contribution is -2.46. The molecule has 20 heavy (non-hydrogen) atoms. The van der Waals surface area contributed by atoms with Gasteiger partial charge in [-0.2, -0.15) is 0 Å². The third-order valence-corrected chi connectivity index (χ3v) is 4.35. The predicted molar refractivity (Wildman–Crippen MR) is 76.1 cm³/mol. The Balaban J connectivity index is 1.40. The Morgan fingerprint density at radius 3 is 3.20 bits per heavy atom. The second-order valence-electron chi connectivity index (χ2n) is 5.86. The van der Waals surface area contributed by atoms with Gasteiger partial charge in [-0.1, -0.05) is 6.08 Å². The molecule has 4 nitrogen and oxygen atoms in total. The van der Waals surface area contributed by atoms with Crippen LogP contribution in [0.1, 0.15) is 6.42 Å². The summed E-state index contributed by atoms with van der Waals surface area (Å²) in [6, 6.07) is 0. The van der Waals surface area contributed by atoms with Gasteiger partial charge in [-0.05, 0) is 47.9 Å². The van der Waals surface area contributed by atoms with Gasteiger partial charge in [0, 0.05) is 25.2 Å². The van der Waals surface area contributed by atoms with Crippen molar-refractivity contribution in [2.24, 2.45) is 0 Å². The van der Waals surface area contributed by atoms with Gasteiger partial charge in [-0.3, -0.25) is 4.79 Å². The zero-order valence-electron chi connectivity index (χ0n) is 11.6. The van der Waals surface area contributed by atoms with Crippen LogP contribution in [-0.2, 0) is 9.53 Å². The molecule has 1 saturated heterocycles. The third kappa shape index (κ3) is 1.96. The summed E-state index contributed by atoms with van der Waals surface area (Å²) in [7, 11) is 2.08. The van der Waals surface area contributed by atoms with Crippen molar-refractivity contribution in [2.75, 3.05) is 33.3 Å².